The molecular weight excluding hydrogens is 363 g/mol. The van der Waals surface area contributed by atoms with Crippen molar-refractivity contribution in [2.75, 3.05) is 5.75 Å². The van der Waals surface area contributed by atoms with Gasteiger partial charge in [0.1, 0.15) is 6.10 Å². The fourth-order valence-electron chi connectivity index (χ4n) is 1.45. The molecule has 0 saturated heterocycles. The van der Waals surface area contributed by atoms with E-state index in [-0.39, 0.29) is 10.8 Å². The topological polar surface area (TPSA) is 54.4 Å². The van der Waals surface area contributed by atoms with Gasteiger partial charge in [-0.2, -0.15) is 0 Å². The van der Waals surface area contributed by atoms with Crippen molar-refractivity contribution in [2.45, 2.75) is 23.6 Å². The van der Waals surface area contributed by atoms with E-state index in [9.17, 15) is 13.5 Å². The third-order valence-corrected chi connectivity index (χ3v) is 7.41. The summed E-state index contributed by atoms with van der Waals surface area (Å²) in [5.74, 6) is -0.0863. The minimum atomic E-state index is -3.50. The average molecular weight is 376 g/mol. The van der Waals surface area contributed by atoms with Gasteiger partial charge in [-0.05, 0) is 19.1 Å². The van der Waals surface area contributed by atoms with Crippen molar-refractivity contribution in [3.05, 3.63) is 33.8 Å². The number of benzene rings is 1. The molecule has 102 valence electrons. The first-order valence-corrected chi connectivity index (χ1v) is 8.37. The molecule has 1 aromatic carbocycles. The highest BCUT2D eigenvalue weighted by Gasteiger charge is 2.43. The van der Waals surface area contributed by atoms with Gasteiger partial charge in [0.05, 0.1) is 0 Å². The number of aliphatic hydroxyl groups is 1. The number of halogens is 3. The van der Waals surface area contributed by atoms with E-state index in [1.807, 2.05) is 0 Å². The molecule has 0 aliphatic rings. The molecule has 1 N–H and O–H groups in total. The van der Waals surface area contributed by atoms with Crippen LogP contribution in [0.15, 0.2) is 18.2 Å². The van der Waals surface area contributed by atoms with E-state index in [4.69, 9.17) is 23.2 Å². The van der Waals surface area contributed by atoms with Gasteiger partial charge in [0.25, 0.3) is 0 Å². The first-order chi connectivity index (χ1) is 8.13. The molecule has 0 aliphatic heterocycles. The Morgan fingerprint density at radius 2 is 2.00 bits per heavy atom. The predicted molar refractivity (Wildman–Crippen MR) is 78.2 cm³/mol. The maximum Gasteiger partial charge on any atom is 0.168 e. The zero-order valence-corrected chi connectivity index (χ0v) is 13.7. The summed E-state index contributed by atoms with van der Waals surface area (Å²) in [5, 5.41) is 10.9. The van der Waals surface area contributed by atoms with E-state index in [1.165, 1.54) is 26.0 Å². The van der Waals surface area contributed by atoms with Crippen molar-refractivity contribution in [1.82, 2.24) is 0 Å². The largest absolute Gasteiger partial charge is 0.386 e. The number of sulfone groups is 1. The molecular formula is C11H13BrCl2O3S. The van der Waals surface area contributed by atoms with Gasteiger partial charge >= 0.3 is 0 Å². The van der Waals surface area contributed by atoms with Crippen LogP contribution < -0.4 is 0 Å². The Morgan fingerprint density at radius 1 is 1.44 bits per heavy atom. The van der Waals surface area contributed by atoms with Gasteiger partial charge in [-0.3, -0.25) is 0 Å². The smallest absolute Gasteiger partial charge is 0.168 e. The fraction of sp³-hybridized carbons (Fsp3) is 0.455. The second-order valence-corrected chi connectivity index (χ2v) is 9.63. The summed E-state index contributed by atoms with van der Waals surface area (Å²) >= 11 is 14.8. The summed E-state index contributed by atoms with van der Waals surface area (Å²) in [4.78, 5) is 0. The van der Waals surface area contributed by atoms with Crippen molar-refractivity contribution >= 4 is 49.0 Å². The molecule has 0 aromatic heterocycles. The van der Waals surface area contributed by atoms with Gasteiger partial charge < -0.3 is 5.11 Å². The van der Waals surface area contributed by atoms with E-state index in [0.29, 0.717) is 10.6 Å². The van der Waals surface area contributed by atoms with Gasteiger partial charge in [0.2, 0.25) is 0 Å². The molecule has 0 spiro atoms. The van der Waals surface area contributed by atoms with Crippen molar-refractivity contribution in [3.8, 4) is 0 Å². The highest BCUT2D eigenvalue weighted by atomic mass is 79.9. The molecule has 0 unspecified atom stereocenters. The van der Waals surface area contributed by atoms with Crippen LogP contribution in [0.2, 0.25) is 10.0 Å². The predicted octanol–water partition coefficient (Wildman–Crippen LogP) is 3.57. The molecule has 18 heavy (non-hydrogen) atoms. The quantitative estimate of drug-likeness (QED) is 0.818. The molecule has 7 heteroatoms. The summed E-state index contributed by atoms with van der Waals surface area (Å²) in [5.41, 5.74) is 0.317. The zero-order chi connectivity index (χ0) is 14.1. The molecule has 0 heterocycles. The highest BCUT2D eigenvalue weighted by Crippen LogP contribution is 2.41. The van der Waals surface area contributed by atoms with E-state index in [1.54, 1.807) is 6.07 Å². The Morgan fingerprint density at radius 3 is 2.44 bits per heavy atom. The Labute approximate surface area is 125 Å². The highest BCUT2D eigenvalue weighted by molar-refractivity contribution is 9.11. The Bertz CT molecular complexity index is 543. The third kappa shape index (κ3) is 3.02. The molecule has 1 aromatic rings. The van der Waals surface area contributed by atoms with Crippen LogP contribution in [0.25, 0.3) is 0 Å². The van der Waals surface area contributed by atoms with Gasteiger partial charge in [0.15, 0.2) is 13.5 Å². The maximum absolute atomic E-state index is 11.9. The van der Waals surface area contributed by atoms with Crippen molar-refractivity contribution in [2.24, 2.45) is 0 Å². The summed E-state index contributed by atoms with van der Waals surface area (Å²) < 4.78 is 22.4. The van der Waals surface area contributed by atoms with Crippen molar-refractivity contribution in [1.29, 1.82) is 0 Å². The first-order valence-electron chi connectivity index (χ1n) is 5.17. The summed E-state index contributed by atoms with van der Waals surface area (Å²) in [6.07, 6.45) is -1.28. The van der Waals surface area contributed by atoms with Gasteiger partial charge in [0, 0.05) is 21.4 Å². The molecule has 0 fully saturated rings. The minimum absolute atomic E-state index is 0.0863. The normalized spacial score (nSPS) is 17.2. The van der Waals surface area contributed by atoms with E-state index < -0.39 is 19.6 Å². The van der Waals surface area contributed by atoms with Crippen LogP contribution in [0, 0.1) is 0 Å². The molecule has 0 radical (unpaired) electrons. The minimum Gasteiger partial charge on any atom is -0.386 e. The molecule has 0 aliphatic carbocycles. The van der Waals surface area contributed by atoms with Gasteiger partial charge in [-0.25, -0.2) is 8.42 Å². The van der Waals surface area contributed by atoms with Crippen LogP contribution in [-0.4, -0.2) is 22.9 Å². The lowest BCUT2D eigenvalue weighted by atomic mass is 10.1. The number of hydrogen-bond acceptors (Lipinski definition) is 3. The molecule has 2 atom stereocenters. The van der Waals surface area contributed by atoms with Crippen LogP contribution in [0.5, 0.6) is 0 Å². The SMILES string of the molecule is CCS(=O)(=O)[C@@](C)(Br)[C@H](O)c1ccc(Cl)cc1Cl. The van der Waals surface area contributed by atoms with Crippen LogP contribution in [0.4, 0.5) is 0 Å². The first kappa shape index (κ1) is 16.2. The van der Waals surface area contributed by atoms with E-state index >= 15 is 0 Å². The van der Waals surface area contributed by atoms with E-state index in [0.717, 1.165) is 0 Å². The lowest BCUT2D eigenvalue weighted by molar-refractivity contribution is 0.167. The van der Waals surface area contributed by atoms with Crippen molar-refractivity contribution < 1.29 is 13.5 Å². The van der Waals surface area contributed by atoms with Crippen LogP contribution >= 0.6 is 39.1 Å². The Kier molecular flexibility index (Phi) is 5.12. The monoisotopic (exact) mass is 374 g/mol. The summed E-state index contributed by atoms with van der Waals surface area (Å²) in [7, 11) is -3.50. The maximum atomic E-state index is 11.9. The molecule has 3 nitrogen and oxygen atoms in total. The van der Waals surface area contributed by atoms with Gasteiger partial charge in [-0.15, -0.1) is 0 Å². The fourth-order valence-corrected chi connectivity index (χ4v) is 3.93. The summed E-state index contributed by atoms with van der Waals surface area (Å²) in [6, 6.07) is 4.52. The number of rotatable bonds is 4. The standard InChI is InChI=1S/C11H13BrCl2O3S/c1-3-18(16,17)11(2,12)10(15)8-5-4-7(13)6-9(8)14/h4-6,10,15H,3H2,1-2H3/t10-,11-/m1/s1. The van der Waals surface area contributed by atoms with Crippen LogP contribution in [0.1, 0.15) is 25.5 Å². The third-order valence-electron chi connectivity index (χ3n) is 2.73. The van der Waals surface area contributed by atoms with Crippen LogP contribution in [-0.2, 0) is 9.84 Å². The summed E-state index contributed by atoms with van der Waals surface area (Å²) in [6.45, 7) is 2.92. The lowest BCUT2D eigenvalue weighted by Gasteiger charge is -2.28. The number of aliphatic hydroxyl groups excluding tert-OH is 1. The molecule has 0 bridgehead atoms. The second-order valence-electron chi connectivity index (χ2n) is 3.96. The lowest BCUT2D eigenvalue weighted by Crippen LogP contribution is -2.36. The second kappa shape index (κ2) is 5.67. The number of hydrogen-bond donors (Lipinski definition) is 1. The van der Waals surface area contributed by atoms with Crippen molar-refractivity contribution in [3.63, 3.8) is 0 Å². The van der Waals surface area contributed by atoms with Crippen LogP contribution in [0.3, 0.4) is 0 Å². The molecule has 0 amide bonds. The average Bonchev–Trinajstić information content (AvgIpc) is 2.28. The van der Waals surface area contributed by atoms with E-state index in [2.05, 4.69) is 15.9 Å². The molecule has 0 saturated carbocycles. The zero-order valence-electron chi connectivity index (χ0n) is 9.82. The van der Waals surface area contributed by atoms with Gasteiger partial charge in [-0.1, -0.05) is 52.1 Å². The Balaban J connectivity index is 3.26. The Hall–Kier alpha value is 0.190. The molecule has 1 rings (SSSR count). The number of alkyl halides is 1.